The van der Waals surface area contributed by atoms with Crippen LogP contribution in [0.15, 0.2) is 30.3 Å². The van der Waals surface area contributed by atoms with Gasteiger partial charge < -0.3 is 55.1 Å². The van der Waals surface area contributed by atoms with E-state index in [1.165, 1.54) is 25.7 Å². The van der Waals surface area contributed by atoms with Gasteiger partial charge >= 0.3 is 12.0 Å². The van der Waals surface area contributed by atoms with E-state index in [2.05, 4.69) is 5.32 Å². The van der Waals surface area contributed by atoms with Gasteiger partial charge in [0.05, 0.1) is 48.1 Å². The number of carbonyl (C=O) groups is 2. The van der Waals surface area contributed by atoms with E-state index in [0.29, 0.717) is 5.69 Å². The first-order valence-electron chi connectivity index (χ1n) is 17.0. The van der Waals surface area contributed by atoms with Gasteiger partial charge in [0.1, 0.15) is 17.8 Å². The van der Waals surface area contributed by atoms with Gasteiger partial charge in [0.15, 0.2) is 6.29 Å². The van der Waals surface area contributed by atoms with E-state index in [-0.39, 0.29) is 19.3 Å². The Labute approximate surface area is 284 Å². The van der Waals surface area contributed by atoms with Crippen LogP contribution in [0.2, 0.25) is 0 Å². The van der Waals surface area contributed by atoms with Gasteiger partial charge in [0.2, 0.25) is 0 Å². The van der Waals surface area contributed by atoms with Crippen molar-refractivity contribution in [1.82, 2.24) is 4.90 Å². The van der Waals surface area contributed by atoms with Gasteiger partial charge in [0, 0.05) is 24.6 Å². The lowest BCUT2D eigenvalue weighted by molar-refractivity contribution is -0.299. The monoisotopic (exact) mass is 682 g/mol. The van der Waals surface area contributed by atoms with Crippen LogP contribution >= 0.6 is 0 Å². The Morgan fingerprint density at radius 3 is 2.17 bits per heavy atom. The molecule has 2 amide bonds. The minimum absolute atomic E-state index is 0.0910. The molecule has 2 saturated heterocycles. The molecule has 2 aliphatic heterocycles. The Balaban J connectivity index is 1.96. The van der Waals surface area contributed by atoms with Crippen LogP contribution in [0.4, 0.5) is 10.5 Å². The van der Waals surface area contributed by atoms with Crippen LogP contribution in [0.25, 0.3) is 0 Å². The second-order valence-electron chi connectivity index (χ2n) is 14.6. The zero-order valence-corrected chi connectivity index (χ0v) is 29.7. The summed E-state index contributed by atoms with van der Waals surface area (Å²) in [5.74, 6) is -4.49. The van der Waals surface area contributed by atoms with Gasteiger partial charge in [-0.3, -0.25) is 4.79 Å². The Kier molecular flexibility index (Phi) is 13.5. The van der Waals surface area contributed by atoms with E-state index in [0.717, 1.165) is 0 Å². The van der Waals surface area contributed by atoms with Gasteiger partial charge in [-0.1, -0.05) is 45.9 Å². The first-order valence-corrected chi connectivity index (χ1v) is 17.0. The number of cyclic esters (lactones) is 1. The summed E-state index contributed by atoms with van der Waals surface area (Å²) in [6, 6.07) is 7.67. The van der Waals surface area contributed by atoms with Crippen LogP contribution < -0.4 is 5.32 Å². The molecule has 13 heteroatoms. The lowest BCUT2D eigenvalue weighted by atomic mass is 9.73. The fourth-order valence-electron chi connectivity index (χ4n) is 7.34. The first kappa shape index (κ1) is 40.1. The van der Waals surface area contributed by atoms with Crippen molar-refractivity contribution >= 4 is 17.7 Å². The number of hydrogen-bond acceptors (Lipinski definition) is 11. The normalized spacial score (nSPS) is 43.5. The fourth-order valence-corrected chi connectivity index (χ4v) is 7.34. The molecule has 7 N–H and O–H groups in total. The summed E-state index contributed by atoms with van der Waals surface area (Å²) in [6.45, 7) is 12.6. The van der Waals surface area contributed by atoms with Crippen molar-refractivity contribution in [2.75, 3.05) is 12.4 Å². The Morgan fingerprint density at radius 2 is 1.58 bits per heavy atom. The highest BCUT2D eigenvalue weighted by molar-refractivity contribution is 5.89. The number of likely N-dealkylation sites (N-methyl/N-ethyl adjacent to an activating group) is 1. The molecule has 2 fully saturated rings. The summed E-state index contributed by atoms with van der Waals surface area (Å²) in [5.41, 5.74) is -3.13. The number of urea groups is 1. The molecule has 0 aromatic heterocycles. The summed E-state index contributed by atoms with van der Waals surface area (Å²) < 4.78 is 18.0. The van der Waals surface area contributed by atoms with E-state index in [1.54, 1.807) is 65.9 Å². The number of para-hydroxylation sites is 1. The molecule has 1 aromatic carbocycles. The summed E-state index contributed by atoms with van der Waals surface area (Å²) >= 11 is 0. The third-order valence-electron chi connectivity index (χ3n) is 10.5. The van der Waals surface area contributed by atoms with E-state index in [4.69, 9.17) is 14.2 Å². The van der Waals surface area contributed by atoms with Gasteiger partial charge in [-0.2, -0.15) is 0 Å². The van der Waals surface area contributed by atoms with Crippen molar-refractivity contribution in [3.05, 3.63) is 30.3 Å². The number of amides is 2. The first-order chi connectivity index (χ1) is 22.2. The number of nitrogens with one attached hydrogen (secondary N) is 1. The van der Waals surface area contributed by atoms with E-state index in [9.17, 15) is 40.2 Å². The van der Waals surface area contributed by atoms with Crippen LogP contribution in [0.5, 0.6) is 0 Å². The second kappa shape index (κ2) is 16.1. The van der Waals surface area contributed by atoms with E-state index >= 15 is 0 Å². The van der Waals surface area contributed by atoms with Gasteiger partial charge in [-0.25, -0.2) is 4.79 Å². The van der Waals surface area contributed by atoms with Crippen LogP contribution in [0.1, 0.15) is 74.7 Å². The van der Waals surface area contributed by atoms with Crippen molar-refractivity contribution < 1.29 is 54.4 Å². The Morgan fingerprint density at radius 1 is 0.979 bits per heavy atom. The molecule has 1 aromatic rings. The number of esters is 1. The largest absolute Gasteiger partial charge is 0.459 e. The third-order valence-corrected chi connectivity index (χ3v) is 10.5. The summed E-state index contributed by atoms with van der Waals surface area (Å²) in [7, 11) is 1.55. The molecule has 0 radical (unpaired) electrons. The highest BCUT2D eigenvalue weighted by atomic mass is 16.7. The molecule has 0 spiro atoms. The predicted octanol–water partition coefficient (Wildman–Crippen LogP) is 2.25. The van der Waals surface area contributed by atoms with Crippen LogP contribution in [-0.4, -0.2) is 121 Å². The number of anilines is 1. The lowest BCUT2D eigenvalue weighted by Crippen LogP contribution is -2.61. The van der Waals surface area contributed by atoms with Gasteiger partial charge in [-0.05, 0) is 65.0 Å². The van der Waals surface area contributed by atoms with Gasteiger partial charge in [0.25, 0.3) is 0 Å². The fraction of sp³-hybridized carbons (Fsp3) is 0.771. The van der Waals surface area contributed by atoms with E-state index in [1.807, 2.05) is 6.07 Å². The average Bonchev–Trinajstić information content (AvgIpc) is 3.04. The molecule has 48 heavy (non-hydrogen) atoms. The van der Waals surface area contributed by atoms with Gasteiger partial charge in [-0.15, -0.1) is 0 Å². The van der Waals surface area contributed by atoms with Crippen molar-refractivity contribution in [3.8, 4) is 0 Å². The topological polar surface area (TPSA) is 198 Å². The third kappa shape index (κ3) is 8.86. The molecule has 274 valence electrons. The molecule has 2 heterocycles. The highest BCUT2D eigenvalue weighted by Gasteiger charge is 2.51. The van der Waals surface area contributed by atoms with Crippen LogP contribution in [0, 0.1) is 23.7 Å². The maximum absolute atomic E-state index is 13.3. The zero-order chi connectivity index (χ0) is 36.3. The molecule has 0 bridgehead atoms. The molecular formula is C35H58N2O11. The van der Waals surface area contributed by atoms with Crippen molar-refractivity contribution in [1.29, 1.82) is 0 Å². The van der Waals surface area contributed by atoms with Crippen molar-refractivity contribution in [2.24, 2.45) is 23.7 Å². The molecule has 3 rings (SSSR count). The molecule has 2 aliphatic rings. The van der Waals surface area contributed by atoms with Crippen LogP contribution in [0.3, 0.4) is 0 Å². The number of ether oxygens (including phenoxy) is 3. The number of aliphatic hydroxyl groups is 6. The number of benzene rings is 1. The smallest absolute Gasteiger partial charge is 0.321 e. The average molecular weight is 683 g/mol. The standard InChI is InChI=1S/C35H58N2O11/c1-10-25-35(8,45)29(41)20(4)26(38)18(2)17-34(7,44)30(21(5)27(39)22(6)31(42)47-25)48-32-28(40)24(16-19(3)46-32)37(9)33(43)36-23-14-12-11-13-15-23/h11-15,18-22,24-30,32,38-41,44-45H,10,16-17H2,1-9H3,(H,36,43)/t18-,19-,20+,21+,22-,24+,25-,26+,27+,28-,29-,30-,32+,34?,35-/m1/s1. The number of hydrogen-bond donors (Lipinski definition) is 7. The maximum atomic E-state index is 13.3. The quantitative estimate of drug-likeness (QED) is 0.225. The molecule has 15 atom stereocenters. The molecule has 0 saturated carbocycles. The SMILES string of the molecule is CC[C@H]1OC(=O)[C@H](C)[C@@H](O)[C@H](C)[C@@H](O[C@@H]2O[C@H](C)C[C@H](N(C)C(=O)Nc3ccccc3)[C@H]2O)C(C)(O)C[C@@H](C)[C@H](O)[C@H](C)[C@@H](O)[C@]1(C)O. The lowest BCUT2D eigenvalue weighted by Gasteiger charge is -2.47. The Hall–Kier alpha value is -2.36. The molecule has 0 aliphatic carbocycles. The molecular weight excluding hydrogens is 624 g/mol. The van der Waals surface area contributed by atoms with E-state index < -0.39 is 102 Å². The minimum Gasteiger partial charge on any atom is -0.459 e. The Bertz CT molecular complexity index is 1200. The minimum atomic E-state index is -1.92. The second-order valence-corrected chi connectivity index (χ2v) is 14.6. The zero-order valence-electron chi connectivity index (χ0n) is 29.7. The van der Waals surface area contributed by atoms with Crippen LogP contribution in [-0.2, 0) is 19.0 Å². The van der Waals surface area contributed by atoms with Crippen molar-refractivity contribution in [3.63, 3.8) is 0 Å². The predicted molar refractivity (Wildman–Crippen MR) is 178 cm³/mol. The summed E-state index contributed by atoms with van der Waals surface area (Å²) in [5, 5.41) is 71.7. The number of rotatable bonds is 5. The molecule has 13 nitrogen and oxygen atoms in total. The highest BCUT2D eigenvalue weighted by Crippen LogP contribution is 2.38. The number of nitrogens with zero attached hydrogens (tertiary/aromatic N) is 1. The van der Waals surface area contributed by atoms with Crippen molar-refractivity contribution in [2.45, 2.75) is 141 Å². The maximum Gasteiger partial charge on any atom is 0.321 e. The molecule has 1 unspecified atom stereocenters. The number of aliphatic hydroxyl groups excluding tert-OH is 4. The summed E-state index contributed by atoms with van der Waals surface area (Å²) in [4.78, 5) is 27.8. The summed E-state index contributed by atoms with van der Waals surface area (Å²) in [6.07, 6.45) is -9.41. The number of carbonyl (C=O) groups excluding carboxylic acids is 2.